The van der Waals surface area contributed by atoms with Crippen LogP contribution in [0.2, 0.25) is 0 Å². The first-order chi connectivity index (χ1) is 10.5. The van der Waals surface area contributed by atoms with E-state index in [1.54, 1.807) is 4.90 Å². The summed E-state index contributed by atoms with van der Waals surface area (Å²) in [6.45, 7) is 2.46. The minimum atomic E-state index is -0.856. The van der Waals surface area contributed by atoms with Gasteiger partial charge in [0.15, 0.2) is 0 Å². The van der Waals surface area contributed by atoms with E-state index in [1.807, 2.05) is 31.2 Å². The highest BCUT2D eigenvalue weighted by atomic mass is 79.9. The van der Waals surface area contributed by atoms with E-state index in [0.717, 1.165) is 29.3 Å². The highest BCUT2D eigenvalue weighted by Gasteiger charge is 2.50. The quantitative estimate of drug-likeness (QED) is 0.893. The summed E-state index contributed by atoms with van der Waals surface area (Å²) in [7, 11) is 0. The van der Waals surface area contributed by atoms with Gasteiger partial charge in [-0.3, -0.25) is 4.79 Å². The van der Waals surface area contributed by atoms with E-state index in [0.29, 0.717) is 12.5 Å². The zero-order valence-electron chi connectivity index (χ0n) is 12.5. The molecule has 5 heteroatoms. The summed E-state index contributed by atoms with van der Waals surface area (Å²) in [6.07, 6.45) is 3.06. The maximum absolute atomic E-state index is 12.8. The van der Waals surface area contributed by atoms with Crippen molar-refractivity contribution in [2.45, 2.75) is 38.1 Å². The van der Waals surface area contributed by atoms with Crippen molar-refractivity contribution in [3.05, 3.63) is 34.3 Å². The zero-order chi connectivity index (χ0) is 15.9. The van der Waals surface area contributed by atoms with Crippen molar-refractivity contribution in [3.63, 3.8) is 0 Å². The number of carboxylic acid groups (broad SMARTS) is 1. The third-order valence-electron chi connectivity index (χ3n) is 5.17. The lowest BCUT2D eigenvalue weighted by Gasteiger charge is -2.27. The second-order valence-corrected chi connectivity index (χ2v) is 7.32. The van der Waals surface area contributed by atoms with E-state index in [4.69, 9.17) is 0 Å². The second-order valence-electron chi connectivity index (χ2n) is 6.40. The Morgan fingerprint density at radius 2 is 1.95 bits per heavy atom. The molecule has 3 rings (SSSR count). The van der Waals surface area contributed by atoms with Crippen LogP contribution < -0.4 is 0 Å². The predicted octanol–water partition coefficient (Wildman–Crippen LogP) is 3.26. The summed E-state index contributed by atoms with van der Waals surface area (Å²) in [6, 6.07) is 7.01. The molecule has 4 atom stereocenters. The monoisotopic (exact) mass is 365 g/mol. The Morgan fingerprint density at radius 3 is 2.59 bits per heavy atom. The summed E-state index contributed by atoms with van der Waals surface area (Å²) in [5.74, 6) is -0.732. The van der Waals surface area contributed by atoms with E-state index in [1.165, 1.54) is 0 Å². The van der Waals surface area contributed by atoms with Crippen molar-refractivity contribution in [3.8, 4) is 0 Å². The Bertz CT molecular complexity index is 586. The van der Waals surface area contributed by atoms with Crippen molar-refractivity contribution < 1.29 is 14.7 Å². The van der Waals surface area contributed by atoms with E-state index < -0.39 is 12.0 Å². The molecule has 1 saturated carbocycles. The molecule has 0 bridgehead atoms. The Balaban J connectivity index is 1.81. The van der Waals surface area contributed by atoms with Gasteiger partial charge < -0.3 is 10.0 Å². The van der Waals surface area contributed by atoms with Crippen LogP contribution in [-0.2, 0) is 9.59 Å². The second kappa shape index (κ2) is 6.03. The first kappa shape index (κ1) is 15.5. The molecule has 1 aromatic rings. The number of carbonyl (C=O) groups is 2. The fourth-order valence-electron chi connectivity index (χ4n) is 3.99. The molecule has 4 unspecified atom stereocenters. The summed E-state index contributed by atoms with van der Waals surface area (Å²) < 4.78 is 0.968. The lowest BCUT2D eigenvalue weighted by molar-refractivity contribution is -0.150. The number of carbonyl (C=O) groups excluding carboxylic acids is 1. The Kier molecular flexibility index (Phi) is 4.26. The molecule has 2 fully saturated rings. The molecule has 1 N–H and O–H groups in total. The van der Waals surface area contributed by atoms with Gasteiger partial charge in [-0.25, -0.2) is 4.79 Å². The van der Waals surface area contributed by atoms with E-state index in [2.05, 4.69) is 15.9 Å². The fourth-order valence-corrected chi connectivity index (χ4v) is 4.26. The molecule has 118 valence electrons. The van der Waals surface area contributed by atoms with Crippen molar-refractivity contribution in [1.29, 1.82) is 0 Å². The number of amides is 1. The van der Waals surface area contributed by atoms with Gasteiger partial charge in [0.1, 0.15) is 6.04 Å². The number of aliphatic carboxylic acids is 1. The molecule has 1 aliphatic carbocycles. The number of likely N-dealkylation sites (tertiary alicyclic amines) is 1. The zero-order valence-corrected chi connectivity index (χ0v) is 14.1. The number of hydrogen-bond donors (Lipinski definition) is 1. The highest BCUT2D eigenvalue weighted by Crippen LogP contribution is 2.43. The standard InChI is InChI=1S/C17H20BrNO3/c1-10(11-5-7-13(18)8-6-11)16(20)19-9-12-3-2-4-14(12)15(19)17(21)22/h5-8,10,12,14-15H,2-4,9H2,1H3,(H,21,22). The Hall–Kier alpha value is -1.36. The number of nitrogens with zero attached hydrogens (tertiary/aromatic N) is 1. The van der Waals surface area contributed by atoms with E-state index in [9.17, 15) is 14.7 Å². The smallest absolute Gasteiger partial charge is 0.326 e. The lowest BCUT2D eigenvalue weighted by atomic mass is 9.94. The van der Waals surface area contributed by atoms with Gasteiger partial charge >= 0.3 is 5.97 Å². The van der Waals surface area contributed by atoms with E-state index in [-0.39, 0.29) is 17.7 Å². The van der Waals surface area contributed by atoms with Crippen LogP contribution in [0, 0.1) is 11.8 Å². The summed E-state index contributed by atoms with van der Waals surface area (Å²) >= 11 is 3.39. The van der Waals surface area contributed by atoms with Gasteiger partial charge in [-0.05, 0) is 49.3 Å². The largest absolute Gasteiger partial charge is 0.480 e. The lowest BCUT2D eigenvalue weighted by Crippen LogP contribution is -2.44. The summed E-state index contributed by atoms with van der Waals surface area (Å²) in [5, 5.41) is 9.57. The molecule has 22 heavy (non-hydrogen) atoms. The van der Waals surface area contributed by atoms with Crippen LogP contribution in [0.3, 0.4) is 0 Å². The predicted molar refractivity (Wildman–Crippen MR) is 86.5 cm³/mol. The molecule has 1 amide bonds. The van der Waals surface area contributed by atoms with Crippen LogP contribution in [0.5, 0.6) is 0 Å². The molecule has 1 saturated heterocycles. The molecular formula is C17H20BrNO3. The van der Waals surface area contributed by atoms with Crippen LogP contribution in [-0.4, -0.2) is 34.5 Å². The van der Waals surface area contributed by atoms with Crippen LogP contribution in [0.15, 0.2) is 28.7 Å². The molecule has 0 spiro atoms. The number of benzene rings is 1. The van der Waals surface area contributed by atoms with Gasteiger partial charge in [0, 0.05) is 11.0 Å². The van der Waals surface area contributed by atoms with Crippen LogP contribution in [0.1, 0.15) is 37.7 Å². The summed E-state index contributed by atoms with van der Waals surface area (Å²) in [4.78, 5) is 26.1. The van der Waals surface area contributed by atoms with Gasteiger partial charge in [0.05, 0.1) is 5.92 Å². The molecule has 2 aliphatic rings. The molecule has 0 aromatic heterocycles. The Labute approximate surface area is 138 Å². The first-order valence-electron chi connectivity index (χ1n) is 7.78. The van der Waals surface area contributed by atoms with Crippen molar-refractivity contribution in [1.82, 2.24) is 4.90 Å². The number of halogens is 1. The molecule has 1 aliphatic heterocycles. The normalized spacial score (nSPS) is 28.5. The molecule has 0 radical (unpaired) electrons. The van der Waals surface area contributed by atoms with E-state index >= 15 is 0 Å². The van der Waals surface area contributed by atoms with Crippen LogP contribution in [0.4, 0.5) is 0 Å². The average Bonchev–Trinajstić information content (AvgIpc) is 3.06. The first-order valence-corrected chi connectivity index (χ1v) is 8.57. The minimum absolute atomic E-state index is 0.0656. The van der Waals surface area contributed by atoms with Crippen LogP contribution in [0.25, 0.3) is 0 Å². The van der Waals surface area contributed by atoms with Gasteiger partial charge in [-0.1, -0.05) is 34.5 Å². The van der Waals surface area contributed by atoms with Crippen LogP contribution >= 0.6 is 15.9 Å². The minimum Gasteiger partial charge on any atom is -0.480 e. The average molecular weight is 366 g/mol. The molecule has 4 nitrogen and oxygen atoms in total. The van der Waals surface area contributed by atoms with Crippen molar-refractivity contribution >= 4 is 27.8 Å². The number of carboxylic acids is 1. The van der Waals surface area contributed by atoms with Gasteiger partial charge in [0.25, 0.3) is 0 Å². The number of rotatable bonds is 3. The maximum Gasteiger partial charge on any atom is 0.326 e. The number of fused-ring (bicyclic) bond motifs is 1. The molecule has 1 heterocycles. The fraction of sp³-hybridized carbons (Fsp3) is 0.529. The third kappa shape index (κ3) is 2.67. The third-order valence-corrected chi connectivity index (χ3v) is 5.70. The SMILES string of the molecule is CC(C(=O)N1CC2CCCC2C1C(=O)O)c1ccc(Br)cc1. The summed E-state index contributed by atoms with van der Waals surface area (Å²) in [5.41, 5.74) is 0.925. The molecular weight excluding hydrogens is 346 g/mol. The maximum atomic E-state index is 12.8. The van der Waals surface area contributed by atoms with Gasteiger partial charge in [-0.15, -0.1) is 0 Å². The van der Waals surface area contributed by atoms with Crippen molar-refractivity contribution in [2.75, 3.05) is 6.54 Å². The van der Waals surface area contributed by atoms with Gasteiger partial charge in [-0.2, -0.15) is 0 Å². The van der Waals surface area contributed by atoms with Gasteiger partial charge in [0.2, 0.25) is 5.91 Å². The topological polar surface area (TPSA) is 57.6 Å². The molecule has 1 aromatic carbocycles. The highest BCUT2D eigenvalue weighted by molar-refractivity contribution is 9.10. The number of hydrogen-bond acceptors (Lipinski definition) is 2. The Morgan fingerprint density at radius 1 is 1.27 bits per heavy atom. The van der Waals surface area contributed by atoms with Crippen molar-refractivity contribution in [2.24, 2.45) is 11.8 Å².